The molecular weight excluding hydrogens is 128 g/mol. The highest BCUT2D eigenvalue weighted by Gasteiger charge is 2.21. The number of amides is 1. The fraction of sp³-hybridized carbons (Fsp3) is 0.857. The standard InChI is InChI=1S/C7H14N2O/c1-5(10)9-7-3-2-6(8)4-7/h6-7H,2-4,8H2,1H3,(H,9,10)/t6-,7+/m0/s1. The zero-order valence-corrected chi connectivity index (χ0v) is 6.26. The summed E-state index contributed by atoms with van der Waals surface area (Å²) in [5, 5.41) is 2.85. The summed E-state index contributed by atoms with van der Waals surface area (Å²) >= 11 is 0. The van der Waals surface area contributed by atoms with Crippen LogP contribution in [0.2, 0.25) is 0 Å². The fourth-order valence-corrected chi connectivity index (χ4v) is 1.43. The molecule has 0 aromatic rings. The van der Waals surface area contributed by atoms with E-state index >= 15 is 0 Å². The number of hydrogen-bond donors (Lipinski definition) is 2. The van der Waals surface area contributed by atoms with Gasteiger partial charge in [-0.05, 0) is 19.3 Å². The molecule has 1 amide bonds. The van der Waals surface area contributed by atoms with Gasteiger partial charge < -0.3 is 11.1 Å². The zero-order valence-electron chi connectivity index (χ0n) is 6.26. The van der Waals surface area contributed by atoms with Crippen LogP contribution in [0.4, 0.5) is 0 Å². The Balaban J connectivity index is 2.24. The molecule has 0 aliphatic heterocycles. The topological polar surface area (TPSA) is 55.1 Å². The number of carbonyl (C=O) groups excluding carboxylic acids is 1. The van der Waals surface area contributed by atoms with Gasteiger partial charge in [-0.1, -0.05) is 0 Å². The molecule has 0 unspecified atom stereocenters. The van der Waals surface area contributed by atoms with E-state index in [1.54, 1.807) is 6.92 Å². The highest BCUT2D eigenvalue weighted by atomic mass is 16.1. The van der Waals surface area contributed by atoms with E-state index < -0.39 is 0 Å². The van der Waals surface area contributed by atoms with Gasteiger partial charge in [-0.2, -0.15) is 0 Å². The van der Waals surface area contributed by atoms with Gasteiger partial charge in [0.05, 0.1) is 0 Å². The number of carbonyl (C=O) groups is 1. The summed E-state index contributed by atoms with van der Waals surface area (Å²) in [6, 6.07) is 0.643. The van der Waals surface area contributed by atoms with Gasteiger partial charge in [0, 0.05) is 19.0 Å². The molecule has 3 nitrogen and oxygen atoms in total. The maximum atomic E-state index is 10.6. The van der Waals surface area contributed by atoms with E-state index in [2.05, 4.69) is 5.32 Å². The molecule has 0 aromatic carbocycles. The molecule has 1 fully saturated rings. The van der Waals surface area contributed by atoms with E-state index in [1.165, 1.54) is 0 Å². The van der Waals surface area contributed by atoms with Gasteiger partial charge in [-0.25, -0.2) is 0 Å². The van der Waals surface area contributed by atoms with Crippen molar-refractivity contribution in [1.29, 1.82) is 0 Å². The average molecular weight is 142 g/mol. The fourth-order valence-electron chi connectivity index (χ4n) is 1.43. The van der Waals surface area contributed by atoms with E-state index in [0.29, 0.717) is 12.1 Å². The monoisotopic (exact) mass is 142 g/mol. The number of nitrogens with one attached hydrogen (secondary N) is 1. The largest absolute Gasteiger partial charge is 0.354 e. The quantitative estimate of drug-likeness (QED) is 0.541. The Hall–Kier alpha value is -0.570. The van der Waals surface area contributed by atoms with Crippen molar-refractivity contribution in [2.45, 2.75) is 38.3 Å². The van der Waals surface area contributed by atoms with Crippen LogP contribution in [0.25, 0.3) is 0 Å². The Kier molecular flexibility index (Phi) is 2.27. The Morgan fingerprint density at radius 3 is 2.70 bits per heavy atom. The Morgan fingerprint density at radius 2 is 2.30 bits per heavy atom. The summed E-state index contributed by atoms with van der Waals surface area (Å²) in [4.78, 5) is 10.6. The van der Waals surface area contributed by atoms with Crippen molar-refractivity contribution >= 4 is 5.91 Å². The van der Waals surface area contributed by atoms with Crippen molar-refractivity contribution in [1.82, 2.24) is 5.32 Å². The van der Waals surface area contributed by atoms with Gasteiger partial charge in [0.15, 0.2) is 0 Å². The molecule has 1 aliphatic rings. The average Bonchev–Trinajstić information content (AvgIpc) is 2.13. The molecule has 0 spiro atoms. The zero-order chi connectivity index (χ0) is 7.56. The minimum absolute atomic E-state index is 0.0547. The first-order chi connectivity index (χ1) is 4.68. The third-order valence-electron chi connectivity index (χ3n) is 1.88. The first kappa shape index (κ1) is 7.54. The van der Waals surface area contributed by atoms with Gasteiger partial charge in [-0.3, -0.25) is 4.79 Å². The second-order valence-corrected chi connectivity index (χ2v) is 2.97. The van der Waals surface area contributed by atoms with Gasteiger partial charge in [0.1, 0.15) is 0 Å². The maximum absolute atomic E-state index is 10.6. The van der Waals surface area contributed by atoms with Gasteiger partial charge in [-0.15, -0.1) is 0 Å². The second kappa shape index (κ2) is 3.01. The molecular formula is C7H14N2O. The van der Waals surface area contributed by atoms with Crippen molar-refractivity contribution < 1.29 is 4.79 Å². The number of rotatable bonds is 1. The second-order valence-electron chi connectivity index (χ2n) is 2.97. The molecule has 1 rings (SSSR count). The Bertz CT molecular complexity index is 136. The van der Waals surface area contributed by atoms with Crippen molar-refractivity contribution in [3.05, 3.63) is 0 Å². The van der Waals surface area contributed by atoms with E-state index in [0.717, 1.165) is 19.3 Å². The lowest BCUT2D eigenvalue weighted by atomic mass is 10.2. The third kappa shape index (κ3) is 1.99. The first-order valence-corrected chi connectivity index (χ1v) is 3.71. The minimum atomic E-state index is 0.0547. The van der Waals surface area contributed by atoms with Crippen molar-refractivity contribution in [3.63, 3.8) is 0 Å². The summed E-state index contributed by atoms with van der Waals surface area (Å²) in [6.45, 7) is 1.55. The van der Waals surface area contributed by atoms with Crippen LogP contribution in [-0.2, 0) is 4.79 Å². The summed E-state index contributed by atoms with van der Waals surface area (Å²) in [6.07, 6.45) is 3.03. The molecule has 2 atom stereocenters. The molecule has 1 aliphatic carbocycles. The summed E-state index contributed by atoms with van der Waals surface area (Å²) < 4.78 is 0. The molecule has 1 saturated carbocycles. The first-order valence-electron chi connectivity index (χ1n) is 3.71. The Morgan fingerprint density at radius 1 is 1.60 bits per heavy atom. The SMILES string of the molecule is CC(=O)N[C@@H]1CC[C@H](N)C1. The smallest absolute Gasteiger partial charge is 0.217 e. The predicted molar refractivity (Wildman–Crippen MR) is 39.4 cm³/mol. The van der Waals surface area contributed by atoms with Gasteiger partial charge in [0.25, 0.3) is 0 Å². The number of nitrogens with two attached hydrogens (primary N) is 1. The van der Waals surface area contributed by atoms with E-state index in [-0.39, 0.29) is 5.91 Å². The summed E-state index contributed by atoms with van der Waals surface area (Å²) in [5.74, 6) is 0.0547. The van der Waals surface area contributed by atoms with Crippen LogP contribution in [0.1, 0.15) is 26.2 Å². The van der Waals surface area contributed by atoms with Gasteiger partial charge in [0.2, 0.25) is 5.91 Å². The highest BCUT2D eigenvalue weighted by Crippen LogP contribution is 2.16. The molecule has 0 heterocycles. The van der Waals surface area contributed by atoms with Crippen LogP contribution < -0.4 is 11.1 Å². The van der Waals surface area contributed by atoms with Crippen LogP contribution >= 0.6 is 0 Å². The van der Waals surface area contributed by atoms with Crippen LogP contribution in [0.5, 0.6) is 0 Å². The maximum Gasteiger partial charge on any atom is 0.217 e. The van der Waals surface area contributed by atoms with Crippen LogP contribution in [0, 0.1) is 0 Å². The molecule has 58 valence electrons. The van der Waals surface area contributed by atoms with Crippen molar-refractivity contribution in [2.24, 2.45) is 5.73 Å². The highest BCUT2D eigenvalue weighted by molar-refractivity contribution is 5.73. The lowest BCUT2D eigenvalue weighted by molar-refractivity contribution is -0.119. The molecule has 3 heteroatoms. The molecule has 0 aromatic heterocycles. The number of hydrogen-bond acceptors (Lipinski definition) is 2. The molecule has 0 saturated heterocycles. The van der Waals surface area contributed by atoms with Crippen LogP contribution in [0.3, 0.4) is 0 Å². The predicted octanol–water partition coefficient (Wildman–Crippen LogP) is 0.00230. The lowest BCUT2D eigenvalue weighted by Gasteiger charge is -2.08. The summed E-state index contributed by atoms with van der Waals surface area (Å²) in [5.41, 5.74) is 5.65. The van der Waals surface area contributed by atoms with Crippen molar-refractivity contribution in [3.8, 4) is 0 Å². The molecule has 0 bridgehead atoms. The van der Waals surface area contributed by atoms with Gasteiger partial charge >= 0.3 is 0 Å². The van der Waals surface area contributed by atoms with E-state index in [4.69, 9.17) is 5.73 Å². The van der Waals surface area contributed by atoms with E-state index in [9.17, 15) is 4.79 Å². The van der Waals surface area contributed by atoms with Crippen LogP contribution in [0.15, 0.2) is 0 Å². The van der Waals surface area contributed by atoms with Crippen molar-refractivity contribution in [2.75, 3.05) is 0 Å². The van der Waals surface area contributed by atoms with E-state index in [1.807, 2.05) is 0 Å². The Labute approximate surface area is 61.0 Å². The van der Waals surface area contributed by atoms with Crippen LogP contribution in [-0.4, -0.2) is 18.0 Å². The minimum Gasteiger partial charge on any atom is -0.354 e. The summed E-state index contributed by atoms with van der Waals surface area (Å²) in [7, 11) is 0. The molecule has 10 heavy (non-hydrogen) atoms. The normalized spacial score (nSPS) is 32.2. The lowest BCUT2D eigenvalue weighted by Crippen LogP contribution is -2.32. The third-order valence-corrected chi connectivity index (χ3v) is 1.88. The molecule has 0 radical (unpaired) electrons. The molecule has 3 N–H and O–H groups in total.